The van der Waals surface area contributed by atoms with Crippen molar-refractivity contribution in [2.24, 2.45) is 0 Å². The van der Waals surface area contributed by atoms with Gasteiger partial charge in [0.1, 0.15) is 5.82 Å². The molecule has 7 heteroatoms. The molecule has 0 aliphatic heterocycles. The molecule has 0 saturated heterocycles. The maximum absolute atomic E-state index is 6.16. The Labute approximate surface area is 164 Å². The van der Waals surface area contributed by atoms with Gasteiger partial charge in [-0.15, -0.1) is 0 Å². The average molecular weight is 380 g/mol. The van der Waals surface area contributed by atoms with Crippen LogP contribution in [0.1, 0.15) is 16.7 Å². The third-order valence-electron chi connectivity index (χ3n) is 4.31. The summed E-state index contributed by atoms with van der Waals surface area (Å²) in [7, 11) is 4.75. The molecule has 0 saturated carbocycles. The minimum atomic E-state index is 0.430. The van der Waals surface area contributed by atoms with Gasteiger partial charge in [0.05, 0.1) is 21.3 Å². The minimum absolute atomic E-state index is 0.430. The van der Waals surface area contributed by atoms with Crippen LogP contribution in [0.5, 0.6) is 17.2 Å². The van der Waals surface area contributed by atoms with E-state index in [1.54, 1.807) is 27.5 Å². The van der Waals surface area contributed by atoms with Gasteiger partial charge in [-0.05, 0) is 23.3 Å². The van der Waals surface area contributed by atoms with Gasteiger partial charge in [0.15, 0.2) is 11.5 Å². The summed E-state index contributed by atoms with van der Waals surface area (Å²) in [5, 5.41) is 3.19. The van der Waals surface area contributed by atoms with E-state index < -0.39 is 0 Å². The summed E-state index contributed by atoms with van der Waals surface area (Å²) < 4.78 is 16.2. The summed E-state index contributed by atoms with van der Waals surface area (Å²) in [4.78, 5) is 8.75. The second-order valence-corrected chi connectivity index (χ2v) is 6.15. The molecule has 2 aromatic carbocycles. The van der Waals surface area contributed by atoms with Gasteiger partial charge < -0.3 is 25.3 Å². The number of benzene rings is 2. The molecule has 1 aromatic heterocycles. The smallest absolute Gasteiger partial charge is 0.224 e. The van der Waals surface area contributed by atoms with E-state index in [4.69, 9.17) is 19.9 Å². The summed E-state index contributed by atoms with van der Waals surface area (Å²) in [6.45, 7) is 0.631. The van der Waals surface area contributed by atoms with Crippen molar-refractivity contribution in [2.45, 2.75) is 13.0 Å². The number of anilines is 2. The molecule has 146 valence electrons. The minimum Gasteiger partial charge on any atom is -0.493 e. The van der Waals surface area contributed by atoms with Crippen LogP contribution in [-0.2, 0) is 13.0 Å². The van der Waals surface area contributed by atoms with E-state index in [1.165, 1.54) is 0 Å². The predicted molar refractivity (Wildman–Crippen MR) is 109 cm³/mol. The van der Waals surface area contributed by atoms with E-state index in [1.807, 2.05) is 42.5 Å². The number of ether oxygens (including phenoxy) is 3. The Morgan fingerprint density at radius 3 is 2.18 bits per heavy atom. The fourth-order valence-electron chi connectivity index (χ4n) is 2.88. The Kier molecular flexibility index (Phi) is 6.16. The molecule has 0 atom stereocenters. The van der Waals surface area contributed by atoms with Crippen molar-refractivity contribution in [3.05, 3.63) is 65.4 Å². The van der Waals surface area contributed by atoms with Crippen LogP contribution in [0.4, 0.5) is 11.8 Å². The predicted octanol–water partition coefficient (Wildman–Crippen LogP) is 3.29. The zero-order chi connectivity index (χ0) is 19.9. The monoisotopic (exact) mass is 380 g/mol. The number of rotatable bonds is 8. The molecule has 0 unspecified atom stereocenters. The molecule has 0 spiro atoms. The highest BCUT2D eigenvalue weighted by molar-refractivity contribution is 5.55. The lowest BCUT2D eigenvalue weighted by molar-refractivity contribution is 0.324. The quantitative estimate of drug-likeness (QED) is 0.619. The standard InChI is InChI=1S/C21H24N4O3/c1-26-17-10-15(11-18(27-2)19(17)28-3)9-16-13-24-21(25-20(16)22)23-12-14-7-5-4-6-8-14/h4-8,10-11,13H,9,12H2,1-3H3,(H3,22,23,24,25). The van der Waals surface area contributed by atoms with Crippen LogP contribution >= 0.6 is 0 Å². The lowest BCUT2D eigenvalue weighted by atomic mass is 10.1. The number of nitrogens with two attached hydrogens (primary N) is 1. The van der Waals surface area contributed by atoms with Gasteiger partial charge in [-0.3, -0.25) is 0 Å². The highest BCUT2D eigenvalue weighted by Crippen LogP contribution is 2.38. The van der Waals surface area contributed by atoms with Crippen molar-refractivity contribution >= 4 is 11.8 Å². The summed E-state index contributed by atoms with van der Waals surface area (Å²) in [5.74, 6) is 2.67. The fraction of sp³-hybridized carbons (Fsp3) is 0.238. The van der Waals surface area contributed by atoms with Crippen LogP contribution in [0.25, 0.3) is 0 Å². The van der Waals surface area contributed by atoms with Crippen molar-refractivity contribution in [3.8, 4) is 17.2 Å². The molecular weight excluding hydrogens is 356 g/mol. The molecule has 0 aliphatic carbocycles. The molecule has 7 nitrogen and oxygen atoms in total. The Hall–Kier alpha value is -3.48. The number of hydrogen-bond acceptors (Lipinski definition) is 7. The van der Waals surface area contributed by atoms with Crippen LogP contribution in [0.15, 0.2) is 48.7 Å². The zero-order valence-corrected chi connectivity index (χ0v) is 16.2. The van der Waals surface area contributed by atoms with E-state index in [0.29, 0.717) is 42.0 Å². The van der Waals surface area contributed by atoms with Crippen molar-refractivity contribution in [3.63, 3.8) is 0 Å². The zero-order valence-electron chi connectivity index (χ0n) is 16.2. The van der Waals surface area contributed by atoms with Crippen LogP contribution < -0.4 is 25.3 Å². The Bertz CT molecular complexity index is 907. The first kappa shape index (κ1) is 19.3. The van der Waals surface area contributed by atoms with E-state index in [0.717, 1.165) is 16.7 Å². The first-order valence-corrected chi connectivity index (χ1v) is 8.82. The lowest BCUT2D eigenvalue weighted by Crippen LogP contribution is -2.07. The molecule has 3 aromatic rings. The first-order chi connectivity index (χ1) is 13.6. The Balaban J connectivity index is 1.76. The van der Waals surface area contributed by atoms with E-state index >= 15 is 0 Å². The van der Waals surface area contributed by atoms with E-state index in [9.17, 15) is 0 Å². The van der Waals surface area contributed by atoms with Gasteiger partial charge in [-0.25, -0.2) is 4.98 Å². The summed E-state index contributed by atoms with van der Waals surface area (Å²) in [6, 6.07) is 13.8. The van der Waals surface area contributed by atoms with Crippen LogP contribution in [0, 0.1) is 0 Å². The summed E-state index contributed by atoms with van der Waals surface area (Å²) in [6.07, 6.45) is 2.28. The topological polar surface area (TPSA) is 91.5 Å². The van der Waals surface area contributed by atoms with Gasteiger partial charge in [0, 0.05) is 24.7 Å². The molecular formula is C21H24N4O3. The SMILES string of the molecule is COc1cc(Cc2cnc(NCc3ccccc3)nc2N)cc(OC)c1OC. The molecule has 0 fully saturated rings. The van der Waals surface area contributed by atoms with Gasteiger partial charge in [0.25, 0.3) is 0 Å². The van der Waals surface area contributed by atoms with Crippen molar-refractivity contribution < 1.29 is 14.2 Å². The molecule has 0 aliphatic rings. The van der Waals surface area contributed by atoms with Gasteiger partial charge >= 0.3 is 0 Å². The molecule has 28 heavy (non-hydrogen) atoms. The number of nitrogens with zero attached hydrogens (tertiary/aromatic N) is 2. The second kappa shape index (κ2) is 8.94. The number of methoxy groups -OCH3 is 3. The number of nitrogen functional groups attached to an aromatic ring is 1. The van der Waals surface area contributed by atoms with Gasteiger partial charge in [-0.1, -0.05) is 30.3 Å². The van der Waals surface area contributed by atoms with Crippen molar-refractivity contribution in [1.29, 1.82) is 0 Å². The Morgan fingerprint density at radius 2 is 1.61 bits per heavy atom. The maximum atomic E-state index is 6.16. The molecule has 0 radical (unpaired) electrons. The largest absolute Gasteiger partial charge is 0.493 e. The summed E-state index contributed by atoms with van der Waals surface area (Å²) >= 11 is 0. The highest BCUT2D eigenvalue weighted by Gasteiger charge is 2.14. The third kappa shape index (κ3) is 4.43. The van der Waals surface area contributed by atoms with Crippen LogP contribution in [0.2, 0.25) is 0 Å². The number of aromatic nitrogens is 2. The fourth-order valence-corrected chi connectivity index (χ4v) is 2.88. The maximum Gasteiger partial charge on any atom is 0.224 e. The molecule has 1 heterocycles. The van der Waals surface area contributed by atoms with Crippen LogP contribution in [0.3, 0.4) is 0 Å². The summed E-state index contributed by atoms with van der Waals surface area (Å²) in [5.41, 5.74) is 9.07. The molecule has 3 rings (SSSR count). The molecule has 0 bridgehead atoms. The van der Waals surface area contributed by atoms with Gasteiger partial charge in [-0.2, -0.15) is 4.98 Å². The van der Waals surface area contributed by atoms with E-state index in [-0.39, 0.29) is 0 Å². The molecule has 0 amide bonds. The average Bonchev–Trinajstić information content (AvgIpc) is 2.74. The van der Waals surface area contributed by atoms with Crippen molar-refractivity contribution in [1.82, 2.24) is 9.97 Å². The number of nitrogens with one attached hydrogen (secondary N) is 1. The lowest BCUT2D eigenvalue weighted by Gasteiger charge is -2.14. The van der Waals surface area contributed by atoms with Crippen LogP contribution in [-0.4, -0.2) is 31.3 Å². The van der Waals surface area contributed by atoms with Crippen molar-refractivity contribution in [2.75, 3.05) is 32.4 Å². The second-order valence-electron chi connectivity index (χ2n) is 6.15. The first-order valence-electron chi connectivity index (χ1n) is 8.82. The van der Waals surface area contributed by atoms with Gasteiger partial charge in [0.2, 0.25) is 11.7 Å². The Morgan fingerprint density at radius 1 is 0.929 bits per heavy atom. The highest BCUT2D eigenvalue weighted by atomic mass is 16.5. The number of hydrogen-bond donors (Lipinski definition) is 2. The normalized spacial score (nSPS) is 10.4. The van der Waals surface area contributed by atoms with E-state index in [2.05, 4.69) is 15.3 Å². The molecule has 3 N–H and O–H groups in total. The third-order valence-corrected chi connectivity index (χ3v) is 4.31.